The minimum absolute atomic E-state index is 0.0679. The van der Waals surface area contributed by atoms with Gasteiger partial charge in [0.2, 0.25) is 0 Å². The van der Waals surface area contributed by atoms with E-state index in [1.165, 1.54) is 50.5 Å². The molecule has 0 heterocycles. The fourth-order valence-electron chi connectivity index (χ4n) is 4.12. The highest BCUT2D eigenvalue weighted by molar-refractivity contribution is 7.88. The Hall–Kier alpha value is -1.49. The number of aryl methyl sites for hydroxylation is 1. The van der Waals surface area contributed by atoms with Crippen molar-refractivity contribution < 1.29 is 50.4 Å². The van der Waals surface area contributed by atoms with Gasteiger partial charge in [0, 0.05) is 9.77 Å². The van der Waals surface area contributed by atoms with Crippen molar-refractivity contribution in [2.45, 2.75) is 65.2 Å². The van der Waals surface area contributed by atoms with E-state index in [-0.39, 0.29) is 13.2 Å². The highest BCUT2D eigenvalue weighted by atomic mass is 32.3. The highest BCUT2D eigenvalue weighted by Crippen LogP contribution is 2.23. The number of allylic oxidation sites excluding steroid dienone is 1. The number of ether oxygens (including phenoxy) is 7. The van der Waals surface area contributed by atoms with E-state index >= 15 is 0 Å². The first kappa shape index (κ1) is 41.5. The molecule has 261 valence electrons. The number of unbranched alkanes of at least 4 members (excludes halogenated alkanes) is 6. The fourth-order valence-corrected chi connectivity index (χ4v) is 4.44. The van der Waals surface area contributed by atoms with Crippen molar-refractivity contribution in [2.75, 3.05) is 92.5 Å². The van der Waals surface area contributed by atoms with Crippen molar-refractivity contribution >= 4 is 16.9 Å². The number of hydrogen-bond acceptors (Lipinski definition) is 11. The van der Waals surface area contributed by atoms with E-state index in [2.05, 4.69) is 45.6 Å². The Kier molecular flexibility index (Phi) is 27.6. The largest absolute Gasteiger partial charge is 0.564 e. The third-order valence-corrected chi connectivity index (χ3v) is 7.10. The first-order valence-electron chi connectivity index (χ1n) is 16.1. The van der Waals surface area contributed by atoms with Crippen LogP contribution in [0.1, 0.15) is 69.9 Å². The molecule has 0 aliphatic carbocycles. The molecule has 0 aromatic heterocycles. The van der Waals surface area contributed by atoms with Crippen LogP contribution in [0.2, 0.25) is 0 Å². The molecule has 0 bridgehead atoms. The van der Waals surface area contributed by atoms with Gasteiger partial charge < -0.3 is 33.2 Å². The Morgan fingerprint density at radius 1 is 0.667 bits per heavy atom. The van der Waals surface area contributed by atoms with Crippen molar-refractivity contribution in [3.63, 3.8) is 0 Å². The van der Waals surface area contributed by atoms with E-state index < -0.39 is 10.8 Å². The molecule has 0 spiro atoms. The van der Waals surface area contributed by atoms with Gasteiger partial charge in [0.15, 0.2) is 0 Å². The van der Waals surface area contributed by atoms with Gasteiger partial charge in [-0.15, -0.1) is 4.18 Å². The van der Waals surface area contributed by atoms with Crippen LogP contribution in [0, 0.1) is 0 Å². The zero-order valence-electron chi connectivity index (χ0n) is 27.4. The van der Waals surface area contributed by atoms with Gasteiger partial charge in [0.25, 0.3) is 0 Å². The summed E-state index contributed by atoms with van der Waals surface area (Å²) in [5, 5.41) is 0. The zero-order chi connectivity index (χ0) is 32.7. The molecule has 2 N–H and O–H groups in total. The molecule has 12 nitrogen and oxygen atoms in total. The van der Waals surface area contributed by atoms with Gasteiger partial charge in [-0.3, -0.25) is 0 Å². The van der Waals surface area contributed by atoms with Crippen LogP contribution in [0.4, 0.5) is 0 Å². The minimum Gasteiger partial charge on any atom is -0.491 e. The van der Waals surface area contributed by atoms with Gasteiger partial charge in [0.1, 0.15) is 23.5 Å². The lowest BCUT2D eigenvalue weighted by Crippen LogP contribution is -2.22. The van der Waals surface area contributed by atoms with Crippen LogP contribution in [0.3, 0.4) is 0 Å². The van der Waals surface area contributed by atoms with E-state index in [0.717, 1.165) is 17.7 Å². The summed E-state index contributed by atoms with van der Waals surface area (Å²) in [4.78, 5) is 0. The molecule has 0 saturated heterocycles. The molecule has 1 aromatic rings. The monoisotopic (exact) mass is 663 g/mol. The lowest BCUT2D eigenvalue weighted by Gasteiger charge is -2.12. The lowest BCUT2D eigenvalue weighted by molar-refractivity contribution is -0.0191. The van der Waals surface area contributed by atoms with Gasteiger partial charge in [0.05, 0.1) is 79.3 Å². The molecular weight excluding hydrogens is 606 g/mol. The second-order valence-corrected chi connectivity index (χ2v) is 11.3. The maximum Gasteiger partial charge on any atom is 0.564 e. The summed E-state index contributed by atoms with van der Waals surface area (Å²) in [6, 6.07) is 6.49. The van der Waals surface area contributed by atoms with E-state index in [9.17, 15) is 8.76 Å². The predicted molar refractivity (Wildman–Crippen MR) is 173 cm³/mol. The Morgan fingerprint density at radius 3 is 1.62 bits per heavy atom. The van der Waals surface area contributed by atoms with Crippen molar-refractivity contribution in [1.82, 2.24) is 0 Å². The van der Waals surface area contributed by atoms with Crippen LogP contribution < -0.4 is 10.6 Å². The average molecular weight is 664 g/mol. The van der Waals surface area contributed by atoms with Crippen molar-refractivity contribution in [2.24, 2.45) is 5.90 Å². The Bertz CT molecular complexity index is 891. The van der Waals surface area contributed by atoms with Crippen LogP contribution in [-0.4, -0.2) is 92.5 Å². The molecule has 0 fully saturated rings. The van der Waals surface area contributed by atoms with Crippen LogP contribution in [0.5, 0.6) is 5.75 Å². The van der Waals surface area contributed by atoms with E-state index in [1.807, 2.05) is 13.0 Å². The van der Waals surface area contributed by atoms with Crippen molar-refractivity contribution in [1.29, 1.82) is 0 Å². The number of rotatable bonds is 33. The Balaban J connectivity index is 1.91. The molecule has 1 rings (SSSR count). The van der Waals surface area contributed by atoms with Gasteiger partial charge in [-0.2, -0.15) is 5.90 Å². The maximum atomic E-state index is 10.8. The summed E-state index contributed by atoms with van der Waals surface area (Å²) < 4.78 is 68.2. The fraction of sp³-hybridized carbons (Fsp3) is 0.750. The number of benzene rings is 1. The summed E-state index contributed by atoms with van der Waals surface area (Å²) in [6.07, 6.45) is 14.5. The standard InChI is InChI=1S/C32H57NO11S/c1-3-5-6-7-8-9-10-12-30-13-14-32(31(29-30)11-4-2)42-27-25-40-23-21-38-19-17-36-15-16-37-18-20-39-22-24-41-26-28-43-45(34,35)44-33/h4,11,13-14,29H,3,5-10,12,15-28,33H2,1-2H3/q+1/b11-4+. The number of nitrogens with two attached hydrogens (primary N) is 1. The second kappa shape index (κ2) is 29.9. The van der Waals surface area contributed by atoms with Crippen LogP contribution in [0.25, 0.3) is 6.08 Å². The quantitative estimate of drug-likeness (QED) is 0.0611. The Morgan fingerprint density at radius 2 is 1.13 bits per heavy atom. The summed E-state index contributed by atoms with van der Waals surface area (Å²) in [7, 11) is -4.14. The third kappa shape index (κ3) is 25.3. The van der Waals surface area contributed by atoms with Crippen molar-refractivity contribution in [3.8, 4) is 5.75 Å². The van der Waals surface area contributed by atoms with E-state index in [0.29, 0.717) is 79.3 Å². The predicted octanol–water partition coefficient (Wildman–Crippen LogP) is 5.07. The Labute approximate surface area is 271 Å². The normalized spacial score (nSPS) is 13.1. The lowest BCUT2D eigenvalue weighted by atomic mass is 10.0. The summed E-state index contributed by atoms with van der Waals surface area (Å²) in [6.45, 7) is 9.48. The SMILES string of the molecule is C/C=C/c1cc(CCCCCCCCC)ccc1OCCOCCOCCOCCOCCOCCOCCO[S+]([O])(=O)ON. The molecular formula is C32H57NO11S+. The highest BCUT2D eigenvalue weighted by Gasteiger charge is 2.32. The van der Waals surface area contributed by atoms with Crippen molar-refractivity contribution in [3.05, 3.63) is 35.4 Å². The molecule has 45 heavy (non-hydrogen) atoms. The van der Waals surface area contributed by atoms with Gasteiger partial charge in [-0.05, 0) is 41.7 Å². The van der Waals surface area contributed by atoms with Gasteiger partial charge in [-0.1, -0.05) is 63.7 Å². The molecule has 1 atom stereocenters. The molecule has 0 aliphatic heterocycles. The van der Waals surface area contributed by atoms with E-state index in [4.69, 9.17) is 33.2 Å². The number of hydrogen-bond donors (Lipinski definition) is 1. The second-order valence-electron chi connectivity index (χ2n) is 10.1. The molecule has 1 aromatic carbocycles. The molecule has 13 heteroatoms. The zero-order valence-corrected chi connectivity index (χ0v) is 28.2. The first-order valence-corrected chi connectivity index (χ1v) is 17.5. The van der Waals surface area contributed by atoms with Gasteiger partial charge >= 0.3 is 10.8 Å². The summed E-state index contributed by atoms with van der Waals surface area (Å²) in [5.74, 6) is 5.41. The smallest absolute Gasteiger partial charge is 0.491 e. The maximum absolute atomic E-state index is 10.8. The molecule has 0 aliphatic rings. The van der Waals surface area contributed by atoms with Gasteiger partial charge in [-0.25, -0.2) is 0 Å². The topological polar surface area (TPSA) is 146 Å². The van der Waals surface area contributed by atoms with Crippen LogP contribution >= 0.6 is 0 Å². The van der Waals surface area contributed by atoms with Crippen LogP contribution in [-0.2, 0) is 62.8 Å². The molecule has 0 amide bonds. The summed E-state index contributed by atoms with van der Waals surface area (Å²) in [5.41, 5.74) is 2.48. The first-order chi connectivity index (χ1) is 22.0. The van der Waals surface area contributed by atoms with Crippen LogP contribution in [0.15, 0.2) is 24.3 Å². The molecule has 1 unspecified atom stereocenters. The minimum atomic E-state index is -4.14. The third-order valence-electron chi connectivity index (χ3n) is 6.41. The van der Waals surface area contributed by atoms with E-state index in [1.54, 1.807) is 0 Å². The summed E-state index contributed by atoms with van der Waals surface area (Å²) >= 11 is 0. The molecule has 0 saturated carbocycles. The molecule has 1 radical (unpaired) electrons. The average Bonchev–Trinajstić information content (AvgIpc) is 3.04.